The first-order valence-corrected chi connectivity index (χ1v) is 5.38. The molecular weight excluding hydrogens is 402 g/mol. The summed E-state index contributed by atoms with van der Waals surface area (Å²) < 4.78 is 1.95. The number of hydrogen-bond acceptors (Lipinski definition) is 2. The van der Waals surface area contributed by atoms with Crippen LogP contribution in [-0.4, -0.2) is 14.8 Å². The third kappa shape index (κ3) is 2.40. The molecule has 0 spiro atoms. The summed E-state index contributed by atoms with van der Waals surface area (Å²) in [6.45, 7) is 0. The fraction of sp³-hybridized carbons (Fsp3) is 0. The van der Waals surface area contributed by atoms with Crippen LogP contribution in [0.15, 0.2) is 60.9 Å². The van der Waals surface area contributed by atoms with Crippen LogP contribution in [0.4, 0.5) is 0 Å². The fourth-order valence-corrected chi connectivity index (χ4v) is 1.73. The Morgan fingerprint density at radius 3 is 2.44 bits per heavy atom. The first-order chi connectivity index (χ1) is 8.45. The van der Waals surface area contributed by atoms with E-state index < -0.39 is 0 Å². The zero-order chi connectivity index (χ0) is 11.5. The maximum Gasteiger partial charge on any atom is 0.114 e. The molecular formula is C14H10IrN3-. The van der Waals surface area contributed by atoms with Crippen LogP contribution in [0, 0.1) is 6.07 Å². The van der Waals surface area contributed by atoms with Crippen molar-refractivity contribution in [2.24, 2.45) is 0 Å². The summed E-state index contributed by atoms with van der Waals surface area (Å²) in [5, 5.41) is 8.11. The average Bonchev–Trinajstić information content (AvgIpc) is 2.90. The minimum absolute atomic E-state index is 0. The molecule has 0 unspecified atom stereocenters. The number of rotatable bonds is 2. The molecule has 4 heteroatoms. The Bertz CT molecular complexity index is 551. The van der Waals surface area contributed by atoms with Gasteiger partial charge >= 0.3 is 0 Å². The molecule has 1 aromatic heterocycles. The summed E-state index contributed by atoms with van der Waals surface area (Å²) in [5.41, 5.74) is 1.98. The zero-order valence-corrected chi connectivity index (χ0v) is 11.8. The van der Waals surface area contributed by atoms with Gasteiger partial charge < -0.3 is 4.57 Å². The van der Waals surface area contributed by atoms with Crippen LogP contribution in [0.3, 0.4) is 0 Å². The molecule has 1 radical (unpaired) electrons. The molecule has 2 aromatic carbocycles. The molecule has 0 bridgehead atoms. The molecule has 0 saturated heterocycles. The predicted octanol–water partition coefficient (Wildman–Crippen LogP) is 2.73. The molecule has 0 aliphatic carbocycles. The van der Waals surface area contributed by atoms with Crippen LogP contribution in [0.5, 0.6) is 0 Å². The standard InChI is InChI=1S/C14H10N3.Ir/c1-3-7-12(8-4-1)14-16-15-11-17(14)13-9-5-2-6-10-13;/h1-7,9-11H;/q-1;. The Kier molecular flexibility index (Phi) is 4.03. The zero-order valence-electron chi connectivity index (χ0n) is 9.45. The van der Waals surface area contributed by atoms with Crippen molar-refractivity contribution >= 4 is 0 Å². The average molecular weight is 412 g/mol. The van der Waals surface area contributed by atoms with Crippen molar-refractivity contribution in [3.63, 3.8) is 0 Å². The molecule has 0 aliphatic heterocycles. The van der Waals surface area contributed by atoms with Gasteiger partial charge in [0.1, 0.15) is 6.33 Å². The van der Waals surface area contributed by atoms with Crippen molar-refractivity contribution in [1.82, 2.24) is 14.8 Å². The van der Waals surface area contributed by atoms with Crippen LogP contribution in [-0.2, 0) is 20.1 Å². The maximum atomic E-state index is 4.14. The van der Waals surface area contributed by atoms with E-state index in [1.807, 2.05) is 59.2 Å². The largest absolute Gasteiger partial charge is 0.323 e. The van der Waals surface area contributed by atoms with Gasteiger partial charge in [0.2, 0.25) is 0 Å². The Morgan fingerprint density at radius 1 is 0.944 bits per heavy atom. The van der Waals surface area contributed by atoms with Gasteiger partial charge in [-0.1, -0.05) is 18.2 Å². The van der Waals surface area contributed by atoms with Gasteiger partial charge in [0, 0.05) is 25.8 Å². The number of nitrogens with zero attached hydrogens (tertiary/aromatic N) is 3. The number of aromatic nitrogens is 3. The molecule has 0 amide bonds. The number of para-hydroxylation sites is 1. The van der Waals surface area contributed by atoms with E-state index in [0.29, 0.717) is 0 Å². The van der Waals surface area contributed by atoms with Crippen LogP contribution >= 0.6 is 0 Å². The van der Waals surface area contributed by atoms with E-state index in [0.717, 1.165) is 17.1 Å². The molecule has 0 aliphatic rings. The molecule has 1 heterocycles. The molecule has 0 atom stereocenters. The van der Waals surface area contributed by atoms with E-state index in [-0.39, 0.29) is 20.1 Å². The maximum absolute atomic E-state index is 4.14. The summed E-state index contributed by atoms with van der Waals surface area (Å²) in [5.74, 6) is 0.803. The van der Waals surface area contributed by atoms with Gasteiger partial charge in [-0.15, -0.1) is 41.0 Å². The van der Waals surface area contributed by atoms with Crippen molar-refractivity contribution in [3.05, 3.63) is 67.0 Å². The van der Waals surface area contributed by atoms with Crippen molar-refractivity contribution in [1.29, 1.82) is 0 Å². The molecule has 3 rings (SSSR count). The molecule has 3 aromatic rings. The normalized spacial score (nSPS) is 9.78. The molecule has 0 saturated carbocycles. The van der Waals surface area contributed by atoms with Gasteiger partial charge in [-0.3, -0.25) is 0 Å². The summed E-state index contributed by atoms with van der Waals surface area (Å²) in [6, 6.07) is 20.9. The predicted molar refractivity (Wildman–Crippen MR) is 65.6 cm³/mol. The number of benzene rings is 2. The van der Waals surface area contributed by atoms with Crippen molar-refractivity contribution in [2.75, 3.05) is 0 Å². The van der Waals surface area contributed by atoms with Gasteiger partial charge in [-0.25, -0.2) is 0 Å². The monoisotopic (exact) mass is 413 g/mol. The van der Waals surface area contributed by atoms with Crippen molar-refractivity contribution < 1.29 is 20.1 Å². The first kappa shape index (κ1) is 12.7. The molecule has 0 N–H and O–H groups in total. The van der Waals surface area contributed by atoms with Crippen LogP contribution in [0.2, 0.25) is 0 Å². The van der Waals surface area contributed by atoms with Crippen LogP contribution < -0.4 is 0 Å². The summed E-state index contributed by atoms with van der Waals surface area (Å²) in [7, 11) is 0. The summed E-state index contributed by atoms with van der Waals surface area (Å²) >= 11 is 0. The molecule has 0 fully saturated rings. The molecule has 3 nitrogen and oxygen atoms in total. The van der Waals surface area contributed by atoms with Gasteiger partial charge in [-0.2, -0.15) is 5.10 Å². The minimum atomic E-state index is 0. The van der Waals surface area contributed by atoms with Gasteiger partial charge in [0.25, 0.3) is 0 Å². The second kappa shape index (κ2) is 5.71. The SMILES string of the molecule is [Ir].[c-]1ccccc1-c1nncn1-c1ccccc1. The minimum Gasteiger partial charge on any atom is -0.323 e. The fourth-order valence-electron chi connectivity index (χ4n) is 1.73. The van der Waals surface area contributed by atoms with Crippen molar-refractivity contribution in [2.45, 2.75) is 0 Å². The smallest absolute Gasteiger partial charge is 0.114 e. The van der Waals surface area contributed by atoms with E-state index >= 15 is 0 Å². The Labute approximate surface area is 119 Å². The second-order valence-electron chi connectivity index (χ2n) is 3.64. The summed E-state index contributed by atoms with van der Waals surface area (Å²) in [6.07, 6.45) is 1.71. The van der Waals surface area contributed by atoms with Gasteiger partial charge in [0.05, 0.1) is 5.82 Å². The van der Waals surface area contributed by atoms with Gasteiger partial charge in [-0.05, 0) is 12.1 Å². The quantitative estimate of drug-likeness (QED) is 0.606. The van der Waals surface area contributed by atoms with E-state index in [1.165, 1.54) is 0 Å². The third-order valence-electron chi connectivity index (χ3n) is 2.53. The third-order valence-corrected chi connectivity index (χ3v) is 2.53. The topological polar surface area (TPSA) is 30.7 Å². The number of hydrogen-bond donors (Lipinski definition) is 0. The van der Waals surface area contributed by atoms with Crippen molar-refractivity contribution in [3.8, 4) is 17.1 Å². The van der Waals surface area contributed by atoms with Crippen LogP contribution in [0.1, 0.15) is 0 Å². The van der Waals surface area contributed by atoms with E-state index in [9.17, 15) is 0 Å². The van der Waals surface area contributed by atoms with E-state index in [4.69, 9.17) is 0 Å². The van der Waals surface area contributed by atoms with Gasteiger partial charge in [0.15, 0.2) is 0 Å². The second-order valence-corrected chi connectivity index (χ2v) is 3.64. The Balaban J connectivity index is 0.00000120. The van der Waals surface area contributed by atoms with E-state index in [1.54, 1.807) is 6.33 Å². The molecule has 91 valence electrons. The molecule has 18 heavy (non-hydrogen) atoms. The first-order valence-electron chi connectivity index (χ1n) is 5.38. The van der Waals surface area contributed by atoms with E-state index in [2.05, 4.69) is 16.3 Å². The Hall–Kier alpha value is -1.77. The summed E-state index contributed by atoms with van der Waals surface area (Å²) in [4.78, 5) is 0. The van der Waals surface area contributed by atoms with Crippen LogP contribution in [0.25, 0.3) is 17.1 Å². The Morgan fingerprint density at radius 2 is 1.72 bits per heavy atom.